The molecule has 4 rings (SSSR count). The third-order valence-corrected chi connectivity index (χ3v) is 6.36. The van der Waals surface area contributed by atoms with Gasteiger partial charge in [-0.15, -0.1) is 0 Å². The summed E-state index contributed by atoms with van der Waals surface area (Å²) >= 11 is 0. The van der Waals surface area contributed by atoms with Crippen molar-refractivity contribution in [3.8, 4) is 0 Å². The number of fused-ring (bicyclic) bond motifs is 1. The van der Waals surface area contributed by atoms with Gasteiger partial charge in [0.05, 0.1) is 0 Å². The molecule has 1 aliphatic carbocycles. The predicted molar refractivity (Wildman–Crippen MR) is 135 cm³/mol. The fourth-order valence-electron chi connectivity index (χ4n) is 4.57. The molecule has 4 amide bonds. The Balaban J connectivity index is 1.26. The van der Waals surface area contributed by atoms with Gasteiger partial charge in [0.15, 0.2) is 11.5 Å². The molecule has 1 aromatic carbocycles. The Hall–Kier alpha value is -3.69. The topological polar surface area (TPSA) is 126 Å². The molecule has 192 valence electrons. The first-order chi connectivity index (χ1) is 17.2. The van der Waals surface area contributed by atoms with Crippen LogP contribution in [0.5, 0.6) is 0 Å². The van der Waals surface area contributed by atoms with Gasteiger partial charge in [-0.05, 0) is 63.5 Å². The third-order valence-electron chi connectivity index (χ3n) is 6.36. The zero-order chi connectivity index (χ0) is 25.7. The van der Waals surface area contributed by atoms with Crippen LogP contribution < -0.4 is 16.0 Å². The highest BCUT2D eigenvalue weighted by molar-refractivity contribution is 6.00. The Morgan fingerprint density at radius 3 is 2.31 bits per heavy atom. The van der Waals surface area contributed by atoms with Gasteiger partial charge in [0.2, 0.25) is 0 Å². The lowest BCUT2D eigenvalue weighted by Crippen LogP contribution is -2.44. The standard InChI is InChI=1S/C26H34N6O4/c1-26(2,3)36-25(35)29-16-17-8-12-32(13-9-17)24(34)31-22-21(27-10-11-28-22)23(33)30-20-14-18-6-4-5-7-19(18)15-20/h4-7,10-11,17,20H,8-9,12-16H2,1-3H3,(H,29,35)(H,30,33)(H,28,31,34). The van der Waals surface area contributed by atoms with Crippen molar-refractivity contribution in [2.24, 2.45) is 5.92 Å². The largest absolute Gasteiger partial charge is 0.444 e. The van der Waals surface area contributed by atoms with E-state index in [0.717, 1.165) is 25.7 Å². The number of rotatable bonds is 5. The Kier molecular flexibility index (Phi) is 7.71. The van der Waals surface area contributed by atoms with Crippen LogP contribution in [0.15, 0.2) is 36.7 Å². The maximum atomic E-state index is 13.0. The molecule has 36 heavy (non-hydrogen) atoms. The van der Waals surface area contributed by atoms with Gasteiger partial charge in [0.25, 0.3) is 5.91 Å². The smallest absolute Gasteiger partial charge is 0.407 e. The van der Waals surface area contributed by atoms with Crippen molar-refractivity contribution in [3.05, 3.63) is 53.5 Å². The van der Waals surface area contributed by atoms with E-state index >= 15 is 0 Å². The van der Waals surface area contributed by atoms with E-state index in [-0.39, 0.29) is 35.4 Å². The third kappa shape index (κ3) is 6.71. The van der Waals surface area contributed by atoms with Gasteiger partial charge in [0, 0.05) is 38.1 Å². The Bertz CT molecular complexity index is 1080. The molecule has 0 unspecified atom stereocenters. The van der Waals surface area contributed by atoms with E-state index in [9.17, 15) is 14.4 Å². The van der Waals surface area contributed by atoms with Gasteiger partial charge >= 0.3 is 12.1 Å². The first-order valence-electron chi connectivity index (χ1n) is 12.4. The summed E-state index contributed by atoms with van der Waals surface area (Å²) in [6.45, 7) is 7.05. The number of anilines is 1. The summed E-state index contributed by atoms with van der Waals surface area (Å²) in [4.78, 5) is 47.8. The molecule has 3 N–H and O–H groups in total. The zero-order valence-electron chi connectivity index (χ0n) is 21.0. The van der Waals surface area contributed by atoms with Gasteiger partial charge in [-0.3, -0.25) is 10.1 Å². The second-order valence-electron chi connectivity index (χ2n) is 10.3. The first-order valence-corrected chi connectivity index (χ1v) is 12.4. The van der Waals surface area contributed by atoms with E-state index in [1.165, 1.54) is 23.5 Å². The number of likely N-dealkylation sites (tertiary alicyclic amines) is 1. The Morgan fingerprint density at radius 2 is 1.67 bits per heavy atom. The summed E-state index contributed by atoms with van der Waals surface area (Å²) in [5.74, 6) is 0.0438. The number of aromatic nitrogens is 2. The predicted octanol–water partition coefficient (Wildman–Crippen LogP) is 3.14. The molecule has 2 heterocycles. The van der Waals surface area contributed by atoms with Crippen molar-refractivity contribution in [2.45, 2.75) is 58.1 Å². The normalized spacial score (nSPS) is 16.2. The highest BCUT2D eigenvalue weighted by Crippen LogP contribution is 2.23. The van der Waals surface area contributed by atoms with Gasteiger partial charge in [-0.2, -0.15) is 0 Å². The number of alkyl carbamates (subject to hydrolysis) is 1. The number of carbonyl (C=O) groups excluding carboxylic acids is 3. The maximum absolute atomic E-state index is 13.0. The van der Waals surface area contributed by atoms with E-state index in [1.807, 2.05) is 32.9 Å². The molecule has 1 saturated heterocycles. The minimum Gasteiger partial charge on any atom is -0.444 e. The number of nitrogens with one attached hydrogen (secondary N) is 3. The lowest BCUT2D eigenvalue weighted by Gasteiger charge is -2.32. The number of hydrogen-bond acceptors (Lipinski definition) is 6. The van der Waals surface area contributed by atoms with Crippen LogP contribution in [0.2, 0.25) is 0 Å². The number of ether oxygens (including phenoxy) is 1. The van der Waals surface area contributed by atoms with Crippen LogP contribution in [0.1, 0.15) is 55.2 Å². The van der Waals surface area contributed by atoms with Gasteiger partial charge in [0.1, 0.15) is 5.60 Å². The van der Waals surface area contributed by atoms with Crippen molar-refractivity contribution in [3.63, 3.8) is 0 Å². The number of piperidine rings is 1. The van der Waals surface area contributed by atoms with Crippen LogP contribution in [-0.2, 0) is 17.6 Å². The molecule has 10 heteroatoms. The highest BCUT2D eigenvalue weighted by Gasteiger charge is 2.27. The monoisotopic (exact) mass is 494 g/mol. The van der Waals surface area contributed by atoms with Crippen molar-refractivity contribution in [1.82, 2.24) is 25.5 Å². The van der Waals surface area contributed by atoms with Crippen LogP contribution >= 0.6 is 0 Å². The number of amides is 4. The van der Waals surface area contributed by atoms with Crippen LogP contribution in [0, 0.1) is 5.92 Å². The number of hydrogen-bond donors (Lipinski definition) is 3. The van der Waals surface area contributed by atoms with Crippen LogP contribution in [-0.4, -0.2) is 64.2 Å². The zero-order valence-corrected chi connectivity index (χ0v) is 21.0. The fraction of sp³-hybridized carbons (Fsp3) is 0.500. The first kappa shape index (κ1) is 25.4. The van der Waals surface area contributed by atoms with E-state index in [4.69, 9.17) is 4.74 Å². The summed E-state index contributed by atoms with van der Waals surface area (Å²) in [5.41, 5.74) is 2.03. The summed E-state index contributed by atoms with van der Waals surface area (Å²) in [6.07, 6.45) is 5.49. The molecule has 0 spiro atoms. The van der Waals surface area contributed by atoms with Crippen LogP contribution in [0.4, 0.5) is 15.4 Å². The maximum Gasteiger partial charge on any atom is 0.407 e. The summed E-state index contributed by atoms with van der Waals surface area (Å²) in [5, 5.41) is 8.59. The van der Waals surface area contributed by atoms with E-state index < -0.39 is 11.7 Å². The second-order valence-corrected chi connectivity index (χ2v) is 10.3. The second kappa shape index (κ2) is 10.9. The van der Waals surface area contributed by atoms with Crippen molar-refractivity contribution < 1.29 is 19.1 Å². The number of benzene rings is 1. The van der Waals surface area contributed by atoms with Crippen LogP contribution in [0.25, 0.3) is 0 Å². The minimum absolute atomic E-state index is 0.0197. The molecule has 0 radical (unpaired) electrons. The highest BCUT2D eigenvalue weighted by atomic mass is 16.6. The minimum atomic E-state index is -0.538. The van der Waals surface area contributed by atoms with Gasteiger partial charge in [-0.25, -0.2) is 19.6 Å². The molecule has 2 aromatic rings. The average molecular weight is 495 g/mol. The lowest BCUT2D eigenvalue weighted by atomic mass is 9.97. The molecule has 0 atom stereocenters. The van der Waals surface area contributed by atoms with Gasteiger partial charge in [-0.1, -0.05) is 24.3 Å². The molecule has 10 nitrogen and oxygen atoms in total. The average Bonchev–Trinajstić information content (AvgIpc) is 3.24. The lowest BCUT2D eigenvalue weighted by molar-refractivity contribution is 0.0511. The van der Waals surface area contributed by atoms with Crippen molar-refractivity contribution in [1.29, 1.82) is 0 Å². The Labute approximate surface area is 211 Å². The summed E-state index contributed by atoms with van der Waals surface area (Å²) < 4.78 is 5.27. The fourth-order valence-corrected chi connectivity index (χ4v) is 4.57. The van der Waals surface area contributed by atoms with E-state index in [0.29, 0.717) is 19.6 Å². The van der Waals surface area contributed by atoms with E-state index in [2.05, 4.69) is 38.1 Å². The SMILES string of the molecule is CC(C)(C)OC(=O)NCC1CCN(C(=O)Nc2nccnc2C(=O)NC2Cc3ccccc3C2)CC1. The van der Waals surface area contributed by atoms with E-state index in [1.54, 1.807) is 4.90 Å². The summed E-state index contributed by atoms with van der Waals surface area (Å²) in [7, 11) is 0. The molecule has 0 saturated carbocycles. The molecule has 2 aliphatic rings. The molecule has 1 fully saturated rings. The molecular weight excluding hydrogens is 460 g/mol. The Morgan fingerprint density at radius 1 is 1.03 bits per heavy atom. The molecule has 1 aromatic heterocycles. The summed E-state index contributed by atoms with van der Waals surface area (Å²) in [6, 6.07) is 7.81. The molecular formula is C26H34N6O4. The number of urea groups is 1. The van der Waals surface area contributed by atoms with Crippen LogP contribution in [0.3, 0.4) is 0 Å². The van der Waals surface area contributed by atoms with Crippen molar-refractivity contribution in [2.75, 3.05) is 25.0 Å². The number of carbonyl (C=O) groups is 3. The molecule has 1 aliphatic heterocycles. The number of nitrogens with zero attached hydrogens (tertiary/aromatic N) is 3. The van der Waals surface area contributed by atoms with Gasteiger partial charge < -0.3 is 20.3 Å². The quantitative estimate of drug-likeness (QED) is 0.586. The molecule has 0 bridgehead atoms. The van der Waals surface area contributed by atoms with Crippen molar-refractivity contribution >= 4 is 23.8 Å².